The van der Waals surface area contributed by atoms with Crippen LogP contribution in [0.2, 0.25) is 0 Å². The van der Waals surface area contributed by atoms with Crippen molar-refractivity contribution in [1.82, 2.24) is 4.57 Å². The summed E-state index contributed by atoms with van der Waals surface area (Å²) in [6.07, 6.45) is 0. The Labute approximate surface area is 362 Å². The molecule has 0 atom stereocenters. The molecule has 0 amide bonds. The zero-order chi connectivity index (χ0) is 42.1. The van der Waals surface area contributed by atoms with Crippen LogP contribution < -0.4 is 25.3 Å². The second kappa shape index (κ2) is 13.2. The van der Waals surface area contributed by atoms with Gasteiger partial charge < -0.3 is 0 Å². The van der Waals surface area contributed by atoms with Crippen LogP contribution in [0, 0.1) is 0 Å². The third-order valence-corrected chi connectivity index (χ3v) is 16.9. The number of nitrogens with zero attached hydrogens (tertiary/aromatic N) is 1. The van der Waals surface area contributed by atoms with Gasteiger partial charge in [0, 0.05) is 0 Å². The standard InChI is InChI=1S/C54H32BNS2Se/c1-4-15-33(16-5-1)37-23-14-24-38(34-17-6-2-7-18-34)51(37)35-29-48-52-50(30-35)59-49-32-46-42(39-21-10-12-25-45(39)56(46)36-19-8-3-9-20-36)31-44(49)55(52)43-28-27-41-40-22-11-13-26-47(40)57-53(41)54(43)58-48/h1-32H/i11D,13D,22D,26D. The van der Waals surface area contributed by atoms with Crippen molar-refractivity contribution in [2.75, 3.05) is 0 Å². The third-order valence-electron chi connectivity index (χ3n) is 12.1. The number of para-hydroxylation sites is 2. The van der Waals surface area contributed by atoms with Crippen molar-refractivity contribution < 1.29 is 5.48 Å². The molecular formula is C54H32BNS2Se. The van der Waals surface area contributed by atoms with Gasteiger partial charge in [0.05, 0.1) is 0 Å². The molecule has 9 aromatic carbocycles. The van der Waals surface area contributed by atoms with Crippen LogP contribution >= 0.6 is 23.1 Å². The Balaban J connectivity index is 1.13. The number of benzene rings is 9. The summed E-state index contributed by atoms with van der Waals surface area (Å²) in [7, 11) is 0. The van der Waals surface area contributed by atoms with Gasteiger partial charge in [0.2, 0.25) is 0 Å². The quantitative estimate of drug-likeness (QED) is 0.160. The molecule has 11 aromatic rings. The first-order valence-electron chi connectivity index (χ1n) is 21.8. The van der Waals surface area contributed by atoms with E-state index in [9.17, 15) is 0 Å². The van der Waals surface area contributed by atoms with Crippen molar-refractivity contribution in [2.24, 2.45) is 0 Å². The number of aromatic nitrogens is 1. The molecule has 0 N–H and O–H groups in total. The topological polar surface area (TPSA) is 4.93 Å². The van der Waals surface area contributed by atoms with Crippen molar-refractivity contribution in [3.63, 3.8) is 0 Å². The number of rotatable bonds is 4. The van der Waals surface area contributed by atoms with Crippen LogP contribution in [0.5, 0.6) is 0 Å². The van der Waals surface area contributed by atoms with Gasteiger partial charge in [-0.25, -0.2) is 0 Å². The molecule has 0 spiro atoms. The Hall–Kier alpha value is -6.07. The first kappa shape index (κ1) is 30.0. The molecule has 2 aliphatic rings. The number of fused-ring (bicyclic) bond motifs is 11. The average Bonchev–Trinajstić information content (AvgIpc) is 3.89. The van der Waals surface area contributed by atoms with Crippen LogP contribution in [0.4, 0.5) is 0 Å². The zero-order valence-corrected chi connectivity index (χ0v) is 34.8. The SMILES string of the molecule is [2H]c1c([2H])c([2H])c2c(sc3c4c(ccc32)B2c3cc5c6ccccc6n(-c6ccccc6)c5cc3[Se]c3cc(-c5c(-c6ccccc6)cccc5-c5ccccc5)cc(c32)S4)c1[2H]. The summed E-state index contributed by atoms with van der Waals surface area (Å²) in [5.74, 6) is 0. The fourth-order valence-electron chi connectivity index (χ4n) is 9.55. The van der Waals surface area contributed by atoms with E-state index in [0.717, 1.165) is 20.7 Å². The summed E-state index contributed by atoms with van der Waals surface area (Å²) >= 11 is 3.29. The van der Waals surface area contributed by atoms with E-state index in [0.29, 0.717) is 10.1 Å². The third kappa shape index (κ3) is 5.13. The van der Waals surface area contributed by atoms with E-state index in [4.69, 9.17) is 5.48 Å². The molecule has 5 heteroatoms. The van der Waals surface area contributed by atoms with Gasteiger partial charge in [-0.1, -0.05) is 0 Å². The predicted molar refractivity (Wildman–Crippen MR) is 257 cm³/mol. The van der Waals surface area contributed by atoms with Gasteiger partial charge in [-0.3, -0.25) is 0 Å². The average molecular weight is 853 g/mol. The Morgan fingerprint density at radius 2 is 1.24 bits per heavy atom. The van der Waals surface area contributed by atoms with E-state index >= 15 is 0 Å². The van der Waals surface area contributed by atoms with E-state index in [1.807, 2.05) is 11.8 Å². The normalized spacial score (nSPS) is 13.9. The van der Waals surface area contributed by atoms with Crippen LogP contribution in [0.3, 0.4) is 0 Å². The van der Waals surface area contributed by atoms with E-state index in [-0.39, 0.29) is 45.8 Å². The Morgan fingerprint density at radius 1 is 0.525 bits per heavy atom. The van der Waals surface area contributed by atoms with Crippen molar-refractivity contribution >= 4 is 112 Å². The fraction of sp³-hybridized carbons (Fsp3) is 0. The summed E-state index contributed by atoms with van der Waals surface area (Å²) in [5, 5.41) is 3.96. The second-order valence-electron chi connectivity index (χ2n) is 15.2. The van der Waals surface area contributed by atoms with E-state index in [1.54, 1.807) is 0 Å². The molecule has 13 rings (SSSR count). The fourth-order valence-corrected chi connectivity index (χ4v) is 14.8. The molecule has 2 aliphatic heterocycles. The molecule has 0 aliphatic carbocycles. The molecule has 59 heavy (non-hydrogen) atoms. The molecule has 0 fully saturated rings. The minimum atomic E-state index is -0.189. The minimum absolute atomic E-state index is 0.0249. The second-order valence-corrected chi connectivity index (χ2v) is 19.6. The summed E-state index contributed by atoms with van der Waals surface area (Å²) in [5.41, 5.74) is 14.6. The summed E-state index contributed by atoms with van der Waals surface area (Å²) < 4.78 is 41.9. The van der Waals surface area contributed by atoms with E-state index < -0.39 is 0 Å². The van der Waals surface area contributed by atoms with E-state index in [2.05, 4.69) is 174 Å². The Morgan fingerprint density at radius 3 is 2.02 bits per heavy atom. The first-order valence-corrected chi connectivity index (χ1v) is 23.1. The molecule has 2 aromatic heterocycles. The number of hydrogen-bond donors (Lipinski definition) is 0. The number of thiophene rings is 1. The summed E-state index contributed by atoms with van der Waals surface area (Å²) in [4.78, 5) is 2.36. The van der Waals surface area contributed by atoms with Gasteiger partial charge in [-0.05, 0) is 0 Å². The molecule has 4 heterocycles. The molecule has 1 nitrogen and oxygen atoms in total. The van der Waals surface area contributed by atoms with E-state index in [1.165, 1.54) is 96.7 Å². The van der Waals surface area contributed by atoms with Gasteiger partial charge in [0.1, 0.15) is 0 Å². The zero-order valence-electron chi connectivity index (χ0n) is 35.4. The molecule has 0 saturated heterocycles. The predicted octanol–water partition coefficient (Wildman–Crippen LogP) is 11.1. The maximum absolute atomic E-state index is 9.01. The van der Waals surface area contributed by atoms with Crippen LogP contribution in [-0.4, -0.2) is 26.2 Å². The van der Waals surface area contributed by atoms with Crippen LogP contribution in [0.15, 0.2) is 204 Å². The van der Waals surface area contributed by atoms with Crippen LogP contribution in [-0.2, 0) is 0 Å². The Bertz CT molecular complexity index is 3680. The molecule has 0 radical (unpaired) electrons. The van der Waals surface area contributed by atoms with Gasteiger partial charge in [-0.2, -0.15) is 0 Å². The maximum atomic E-state index is 9.01. The molecule has 274 valence electrons. The summed E-state index contributed by atoms with van der Waals surface area (Å²) in [6.45, 7) is -0.0360. The molecule has 0 saturated carbocycles. The van der Waals surface area contributed by atoms with Gasteiger partial charge >= 0.3 is 365 Å². The molecule has 0 bridgehead atoms. The van der Waals surface area contributed by atoms with Crippen LogP contribution in [0.25, 0.3) is 81.0 Å². The van der Waals surface area contributed by atoms with Gasteiger partial charge in [0.25, 0.3) is 0 Å². The number of hydrogen-bond acceptors (Lipinski definition) is 2. The van der Waals surface area contributed by atoms with Crippen molar-refractivity contribution in [3.8, 4) is 39.1 Å². The van der Waals surface area contributed by atoms with Crippen molar-refractivity contribution in [3.05, 3.63) is 194 Å². The van der Waals surface area contributed by atoms with Crippen molar-refractivity contribution in [1.29, 1.82) is 0 Å². The van der Waals surface area contributed by atoms with Crippen molar-refractivity contribution in [2.45, 2.75) is 9.79 Å². The van der Waals surface area contributed by atoms with Gasteiger partial charge in [0.15, 0.2) is 0 Å². The van der Waals surface area contributed by atoms with Crippen LogP contribution in [0.1, 0.15) is 5.48 Å². The molecule has 0 unspecified atom stereocenters. The monoisotopic (exact) mass is 853 g/mol. The Kier molecular flexibility index (Phi) is 6.73. The van der Waals surface area contributed by atoms with Gasteiger partial charge in [-0.15, -0.1) is 0 Å². The molecular weight excluding hydrogens is 817 g/mol. The summed E-state index contributed by atoms with van der Waals surface area (Å²) in [6, 6.07) is 61.5. The first-order chi connectivity index (χ1) is 30.9.